The molecule has 1 heterocycles. The lowest BCUT2D eigenvalue weighted by atomic mass is 10.3. The summed E-state index contributed by atoms with van der Waals surface area (Å²) < 4.78 is 0. The number of hydrogen-bond donors (Lipinski definition) is 1. The molecule has 0 aliphatic carbocycles. The Balaban J connectivity index is 0. The first-order valence-corrected chi connectivity index (χ1v) is 4.35. The van der Waals surface area contributed by atoms with Crippen molar-refractivity contribution in [1.29, 1.82) is 0 Å². The summed E-state index contributed by atoms with van der Waals surface area (Å²) in [6, 6.07) is 0.318. The van der Waals surface area contributed by atoms with E-state index in [1.807, 2.05) is 0 Å². The first kappa shape index (κ1) is 15.9. The van der Waals surface area contributed by atoms with Crippen LogP contribution in [0.2, 0.25) is 0 Å². The normalized spacial score (nSPS) is 21.5. The fraction of sp³-hybridized carbons (Fsp3) is 1.00. The van der Waals surface area contributed by atoms with Gasteiger partial charge in [-0.25, -0.2) is 0 Å². The van der Waals surface area contributed by atoms with Crippen molar-refractivity contribution in [1.82, 2.24) is 9.80 Å². The van der Waals surface area contributed by atoms with E-state index in [-0.39, 0.29) is 24.8 Å². The molecule has 2 N–H and O–H groups in total. The molecule has 0 saturated carbocycles. The third-order valence-corrected chi connectivity index (χ3v) is 2.14. The lowest BCUT2D eigenvalue weighted by Gasteiger charge is -2.33. The van der Waals surface area contributed by atoms with E-state index in [4.69, 9.17) is 5.73 Å². The summed E-state index contributed by atoms with van der Waals surface area (Å²) in [6.45, 7) is 7.85. The monoisotopic (exact) mass is 229 g/mol. The Morgan fingerprint density at radius 1 is 1.15 bits per heavy atom. The van der Waals surface area contributed by atoms with Gasteiger partial charge in [0.15, 0.2) is 0 Å². The van der Waals surface area contributed by atoms with E-state index in [1.54, 1.807) is 0 Å². The maximum atomic E-state index is 5.70. The maximum absolute atomic E-state index is 5.70. The molecule has 1 saturated heterocycles. The Kier molecular flexibility index (Phi) is 9.58. The number of nitrogens with zero attached hydrogens (tertiary/aromatic N) is 2. The lowest BCUT2D eigenvalue weighted by molar-refractivity contribution is 0.149. The van der Waals surface area contributed by atoms with Gasteiger partial charge in [0.05, 0.1) is 0 Å². The molecular formula is C8H21Cl2N3. The highest BCUT2D eigenvalue weighted by molar-refractivity contribution is 5.85. The molecule has 0 aromatic rings. The largest absolute Gasteiger partial charge is 0.327 e. The molecule has 82 valence electrons. The predicted molar refractivity (Wildman–Crippen MR) is 62.1 cm³/mol. The number of piperazine rings is 1. The van der Waals surface area contributed by atoms with Crippen molar-refractivity contribution in [3.63, 3.8) is 0 Å². The Bertz CT molecular complexity index is 114. The van der Waals surface area contributed by atoms with Gasteiger partial charge in [-0.2, -0.15) is 0 Å². The SMILES string of the molecule is CC(N)CN1CCN(C)CC1.Cl.Cl. The molecular weight excluding hydrogens is 209 g/mol. The molecule has 0 aromatic heterocycles. The van der Waals surface area contributed by atoms with Gasteiger partial charge >= 0.3 is 0 Å². The smallest absolute Gasteiger partial charge is 0.0139 e. The van der Waals surface area contributed by atoms with Gasteiger partial charge in [0.1, 0.15) is 0 Å². The van der Waals surface area contributed by atoms with Gasteiger partial charge in [-0.15, -0.1) is 24.8 Å². The first-order valence-electron chi connectivity index (χ1n) is 4.35. The van der Waals surface area contributed by atoms with E-state index in [0.29, 0.717) is 6.04 Å². The Morgan fingerprint density at radius 2 is 1.62 bits per heavy atom. The molecule has 13 heavy (non-hydrogen) atoms. The molecule has 0 spiro atoms. The van der Waals surface area contributed by atoms with Crippen molar-refractivity contribution in [2.75, 3.05) is 39.8 Å². The van der Waals surface area contributed by atoms with Crippen LogP contribution in [0.4, 0.5) is 0 Å². The quantitative estimate of drug-likeness (QED) is 0.746. The Hall–Kier alpha value is 0.460. The summed E-state index contributed by atoms with van der Waals surface area (Å²) in [4.78, 5) is 4.79. The van der Waals surface area contributed by atoms with Crippen LogP contribution < -0.4 is 5.73 Å². The van der Waals surface area contributed by atoms with Gasteiger partial charge in [0, 0.05) is 38.8 Å². The topological polar surface area (TPSA) is 32.5 Å². The van der Waals surface area contributed by atoms with Crippen molar-refractivity contribution in [2.45, 2.75) is 13.0 Å². The average molecular weight is 230 g/mol. The van der Waals surface area contributed by atoms with Crippen molar-refractivity contribution in [3.05, 3.63) is 0 Å². The molecule has 1 fully saturated rings. The van der Waals surface area contributed by atoms with Gasteiger partial charge in [-0.1, -0.05) is 0 Å². The van der Waals surface area contributed by atoms with Crippen LogP contribution in [0.1, 0.15) is 6.92 Å². The molecule has 1 aliphatic rings. The molecule has 5 heteroatoms. The second-order valence-corrected chi connectivity index (χ2v) is 3.58. The van der Waals surface area contributed by atoms with Gasteiger partial charge in [0.25, 0.3) is 0 Å². The molecule has 3 nitrogen and oxygen atoms in total. The molecule has 1 unspecified atom stereocenters. The van der Waals surface area contributed by atoms with E-state index >= 15 is 0 Å². The Labute approximate surface area is 93.5 Å². The van der Waals surface area contributed by atoms with E-state index in [2.05, 4.69) is 23.8 Å². The van der Waals surface area contributed by atoms with E-state index in [9.17, 15) is 0 Å². The van der Waals surface area contributed by atoms with Gasteiger partial charge in [-0.3, -0.25) is 4.90 Å². The predicted octanol–water partition coefficient (Wildman–Crippen LogP) is 0.425. The highest BCUT2D eigenvalue weighted by Crippen LogP contribution is 1.98. The molecule has 1 aliphatic heterocycles. The van der Waals surface area contributed by atoms with E-state index < -0.39 is 0 Å². The third kappa shape index (κ3) is 6.52. The van der Waals surface area contributed by atoms with E-state index in [0.717, 1.165) is 6.54 Å². The van der Waals surface area contributed by atoms with Crippen LogP contribution in [0, 0.1) is 0 Å². The number of rotatable bonds is 2. The molecule has 1 atom stereocenters. The summed E-state index contributed by atoms with van der Waals surface area (Å²) in [6.07, 6.45) is 0. The molecule has 1 rings (SSSR count). The minimum absolute atomic E-state index is 0. The highest BCUT2D eigenvalue weighted by Gasteiger charge is 2.13. The van der Waals surface area contributed by atoms with Crippen molar-refractivity contribution < 1.29 is 0 Å². The van der Waals surface area contributed by atoms with E-state index in [1.165, 1.54) is 26.2 Å². The van der Waals surface area contributed by atoms with Crippen molar-refractivity contribution in [3.8, 4) is 0 Å². The number of likely N-dealkylation sites (N-methyl/N-ethyl adjacent to an activating group) is 1. The van der Waals surface area contributed by atoms with Crippen LogP contribution in [0.5, 0.6) is 0 Å². The Morgan fingerprint density at radius 3 is 2.00 bits per heavy atom. The fourth-order valence-corrected chi connectivity index (χ4v) is 1.44. The first-order chi connectivity index (χ1) is 5.18. The van der Waals surface area contributed by atoms with Crippen molar-refractivity contribution in [2.24, 2.45) is 5.73 Å². The zero-order chi connectivity index (χ0) is 8.27. The minimum Gasteiger partial charge on any atom is -0.327 e. The number of hydrogen-bond acceptors (Lipinski definition) is 3. The lowest BCUT2D eigenvalue weighted by Crippen LogP contribution is -2.47. The summed E-state index contributed by atoms with van der Waals surface area (Å²) in [5.74, 6) is 0. The van der Waals surface area contributed by atoms with Crippen LogP contribution in [-0.2, 0) is 0 Å². The summed E-state index contributed by atoms with van der Waals surface area (Å²) in [7, 11) is 2.17. The van der Waals surface area contributed by atoms with Crippen molar-refractivity contribution >= 4 is 24.8 Å². The second-order valence-electron chi connectivity index (χ2n) is 3.58. The summed E-state index contributed by atoms with van der Waals surface area (Å²) in [5, 5.41) is 0. The molecule has 0 radical (unpaired) electrons. The van der Waals surface area contributed by atoms with Gasteiger partial charge < -0.3 is 10.6 Å². The zero-order valence-corrected chi connectivity index (χ0v) is 10.0. The highest BCUT2D eigenvalue weighted by atomic mass is 35.5. The van der Waals surface area contributed by atoms with Crippen LogP contribution in [0.25, 0.3) is 0 Å². The van der Waals surface area contributed by atoms with Gasteiger partial charge in [0.2, 0.25) is 0 Å². The third-order valence-electron chi connectivity index (χ3n) is 2.14. The maximum Gasteiger partial charge on any atom is 0.0139 e. The minimum atomic E-state index is 0. The van der Waals surface area contributed by atoms with Crippen LogP contribution in [0.15, 0.2) is 0 Å². The zero-order valence-electron chi connectivity index (χ0n) is 8.40. The van der Waals surface area contributed by atoms with Crippen LogP contribution in [0.3, 0.4) is 0 Å². The molecule has 0 amide bonds. The van der Waals surface area contributed by atoms with Crippen LogP contribution >= 0.6 is 24.8 Å². The standard InChI is InChI=1S/C8H19N3.2ClH/c1-8(9)7-11-5-3-10(2)4-6-11;;/h8H,3-7,9H2,1-2H3;2*1H. The number of nitrogens with two attached hydrogens (primary N) is 1. The number of halogens is 2. The fourth-order valence-electron chi connectivity index (χ4n) is 1.44. The van der Waals surface area contributed by atoms with Gasteiger partial charge in [-0.05, 0) is 14.0 Å². The summed E-state index contributed by atoms with van der Waals surface area (Å²) >= 11 is 0. The second kappa shape index (κ2) is 7.83. The average Bonchev–Trinajstić information content (AvgIpc) is 1.93. The molecule has 0 aromatic carbocycles. The molecule has 0 bridgehead atoms. The summed E-state index contributed by atoms with van der Waals surface area (Å²) in [5.41, 5.74) is 5.70. The van der Waals surface area contributed by atoms with Crippen LogP contribution in [-0.4, -0.2) is 55.6 Å².